The Morgan fingerprint density at radius 1 is 1.45 bits per heavy atom. The number of rotatable bonds is 3. The van der Waals surface area contributed by atoms with Crippen molar-refractivity contribution in [3.8, 4) is 11.5 Å². The lowest BCUT2D eigenvalue weighted by atomic mass is 10.1. The first-order valence-electron chi connectivity index (χ1n) is 6.30. The Kier molecular flexibility index (Phi) is 3.55. The molecule has 2 N–H and O–H groups in total. The molecule has 1 aromatic rings. The van der Waals surface area contributed by atoms with E-state index in [1.807, 2.05) is 12.1 Å². The van der Waals surface area contributed by atoms with Crippen molar-refractivity contribution in [3.05, 3.63) is 22.2 Å². The van der Waals surface area contributed by atoms with Gasteiger partial charge >= 0.3 is 0 Å². The molecule has 0 spiro atoms. The maximum Gasteiger partial charge on any atom is 0.234 e. The summed E-state index contributed by atoms with van der Waals surface area (Å²) in [5.41, 5.74) is 6.24. The highest BCUT2D eigenvalue weighted by Gasteiger charge is 2.36. The summed E-state index contributed by atoms with van der Waals surface area (Å²) in [6.45, 7) is 0.852. The van der Waals surface area contributed by atoms with Gasteiger partial charge in [-0.25, -0.2) is 4.39 Å². The highest BCUT2D eigenvalue weighted by Crippen LogP contribution is 2.38. The van der Waals surface area contributed by atoms with E-state index in [-0.39, 0.29) is 19.8 Å². The van der Waals surface area contributed by atoms with E-state index >= 15 is 0 Å². The van der Waals surface area contributed by atoms with Gasteiger partial charge in [0.15, 0.2) is 11.5 Å². The van der Waals surface area contributed by atoms with Crippen LogP contribution in [0.25, 0.3) is 0 Å². The van der Waals surface area contributed by atoms with Crippen LogP contribution >= 0.6 is 15.9 Å². The van der Waals surface area contributed by atoms with Crippen LogP contribution in [0.5, 0.6) is 11.5 Å². The van der Waals surface area contributed by atoms with Crippen LogP contribution in [0.4, 0.5) is 4.39 Å². The molecule has 108 valence electrons. The number of hydrogen-bond acceptors (Lipinski definition) is 4. The van der Waals surface area contributed by atoms with E-state index in [9.17, 15) is 9.18 Å². The van der Waals surface area contributed by atoms with E-state index in [0.717, 1.165) is 10.0 Å². The second kappa shape index (κ2) is 5.21. The molecule has 2 heterocycles. The molecule has 1 amide bonds. The molecule has 7 heteroatoms. The van der Waals surface area contributed by atoms with Crippen molar-refractivity contribution in [2.24, 2.45) is 5.73 Å². The first kappa shape index (κ1) is 13.6. The summed E-state index contributed by atoms with van der Waals surface area (Å²) < 4.78 is 24.9. The zero-order chi connectivity index (χ0) is 14.3. The highest BCUT2D eigenvalue weighted by molar-refractivity contribution is 9.10. The minimum absolute atomic E-state index is 0.164. The fourth-order valence-electron chi connectivity index (χ4n) is 2.62. The maximum absolute atomic E-state index is 13.5. The fraction of sp³-hybridized carbons (Fsp3) is 0.462. The smallest absolute Gasteiger partial charge is 0.234 e. The lowest BCUT2D eigenvalue weighted by Crippen LogP contribution is -2.39. The van der Waals surface area contributed by atoms with E-state index in [1.165, 1.54) is 0 Å². The highest BCUT2D eigenvalue weighted by atomic mass is 79.9. The standard InChI is InChI=1S/C13H14BrFN2O3/c14-9-3-12-11(19-6-20-12)1-7(9)4-17-5-8(15)2-10(17)13(16)18/h1,3,8,10H,2,4-6H2,(H2,16,18)/t8-,10+/m1/s1. The van der Waals surface area contributed by atoms with Crippen LogP contribution in [0.15, 0.2) is 16.6 Å². The SMILES string of the molecule is NC(=O)[C@@H]1C[C@@H](F)CN1Cc1cc2c(cc1Br)OCO2. The molecule has 0 aromatic heterocycles. The van der Waals surface area contributed by atoms with Crippen molar-refractivity contribution in [2.75, 3.05) is 13.3 Å². The molecule has 0 unspecified atom stereocenters. The van der Waals surface area contributed by atoms with E-state index < -0.39 is 18.1 Å². The van der Waals surface area contributed by atoms with Crippen molar-refractivity contribution in [1.29, 1.82) is 0 Å². The average molecular weight is 345 g/mol. The van der Waals surface area contributed by atoms with E-state index in [0.29, 0.717) is 18.0 Å². The van der Waals surface area contributed by atoms with Crippen molar-refractivity contribution >= 4 is 21.8 Å². The number of fused-ring (bicyclic) bond motifs is 1. The number of benzene rings is 1. The predicted molar refractivity (Wildman–Crippen MR) is 73.2 cm³/mol. The average Bonchev–Trinajstić information content (AvgIpc) is 2.96. The number of ether oxygens (including phenoxy) is 2. The van der Waals surface area contributed by atoms with Crippen molar-refractivity contribution in [2.45, 2.75) is 25.2 Å². The van der Waals surface area contributed by atoms with Crippen LogP contribution in [0.3, 0.4) is 0 Å². The van der Waals surface area contributed by atoms with Gasteiger partial charge in [-0.1, -0.05) is 15.9 Å². The van der Waals surface area contributed by atoms with Gasteiger partial charge < -0.3 is 15.2 Å². The number of amides is 1. The molecule has 2 atom stereocenters. The van der Waals surface area contributed by atoms with Gasteiger partial charge in [-0.15, -0.1) is 0 Å². The van der Waals surface area contributed by atoms with Gasteiger partial charge in [0.25, 0.3) is 0 Å². The molecular weight excluding hydrogens is 331 g/mol. The van der Waals surface area contributed by atoms with Crippen LogP contribution < -0.4 is 15.2 Å². The summed E-state index contributed by atoms with van der Waals surface area (Å²) in [6.07, 6.45) is -0.849. The molecule has 0 bridgehead atoms. The predicted octanol–water partition coefficient (Wildman–Crippen LogP) is 1.58. The van der Waals surface area contributed by atoms with Crippen molar-refractivity contribution in [1.82, 2.24) is 4.90 Å². The molecule has 1 aromatic carbocycles. The monoisotopic (exact) mass is 344 g/mol. The van der Waals surface area contributed by atoms with Gasteiger partial charge in [-0.3, -0.25) is 9.69 Å². The van der Waals surface area contributed by atoms with Gasteiger partial charge in [-0.05, 0) is 17.7 Å². The number of nitrogens with two attached hydrogens (primary N) is 1. The third kappa shape index (κ3) is 2.47. The first-order valence-corrected chi connectivity index (χ1v) is 7.09. The number of carbonyl (C=O) groups excluding carboxylic acids is 1. The summed E-state index contributed by atoms with van der Waals surface area (Å²) in [7, 11) is 0. The molecule has 5 nitrogen and oxygen atoms in total. The summed E-state index contributed by atoms with van der Waals surface area (Å²) in [5.74, 6) is 0.855. The third-order valence-electron chi connectivity index (χ3n) is 3.60. The summed E-state index contributed by atoms with van der Waals surface area (Å²) in [4.78, 5) is 13.1. The number of alkyl halides is 1. The Hall–Kier alpha value is -1.34. The summed E-state index contributed by atoms with van der Waals surface area (Å²) >= 11 is 3.46. The topological polar surface area (TPSA) is 64.8 Å². The maximum atomic E-state index is 13.5. The summed E-state index contributed by atoms with van der Waals surface area (Å²) in [6, 6.07) is 3.11. The van der Waals surface area contributed by atoms with Gasteiger partial charge in [0, 0.05) is 24.0 Å². The zero-order valence-corrected chi connectivity index (χ0v) is 12.2. The second-order valence-electron chi connectivity index (χ2n) is 4.98. The molecule has 2 aliphatic heterocycles. The quantitative estimate of drug-likeness (QED) is 0.903. The van der Waals surface area contributed by atoms with Crippen LogP contribution in [0.1, 0.15) is 12.0 Å². The number of nitrogens with zero attached hydrogens (tertiary/aromatic N) is 1. The van der Waals surface area contributed by atoms with Crippen LogP contribution in [-0.4, -0.2) is 36.4 Å². The Morgan fingerprint density at radius 3 is 2.85 bits per heavy atom. The molecular formula is C13H14BrFN2O3. The Bertz CT molecular complexity index is 555. The third-order valence-corrected chi connectivity index (χ3v) is 4.33. The van der Waals surface area contributed by atoms with Crippen molar-refractivity contribution in [3.63, 3.8) is 0 Å². The van der Waals surface area contributed by atoms with Crippen LogP contribution in [0.2, 0.25) is 0 Å². The van der Waals surface area contributed by atoms with Crippen LogP contribution in [0, 0.1) is 0 Å². The zero-order valence-electron chi connectivity index (χ0n) is 10.6. The molecule has 0 aliphatic carbocycles. The molecule has 0 radical (unpaired) electrons. The normalized spacial score (nSPS) is 25.1. The number of hydrogen-bond donors (Lipinski definition) is 1. The fourth-order valence-corrected chi connectivity index (χ4v) is 3.07. The van der Waals surface area contributed by atoms with E-state index in [4.69, 9.17) is 15.2 Å². The van der Waals surface area contributed by atoms with Gasteiger partial charge in [0.2, 0.25) is 12.7 Å². The van der Waals surface area contributed by atoms with Gasteiger partial charge in [0.1, 0.15) is 6.17 Å². The second-order valence-corrected chi connectivity index (χ2v) is 5.83. The van der Waals surface area contributed by atoms with Gasteiger partial charge in [0.05, 0.1) is 6.04 Å². The molecule has 1 saturated heterocycles. The molecule has 20 heavy (non-hydrogen) atoms. The lowest BCUT2D eigenvalue weighted by molar-refractivity contribution is -0.122. The largest absolute Gasteiger partial charge is 0.454 e. The Balaban J connectivity index is 1.82. The number of carbonyl (C=O) groups is 1. The Morgan fingerprint density at radius 2 is 2.15 bits per heavy atom. The number of halogens is 2. The first-order chi connectivity index (χ1) is 9.54. The van der Waals surface area contributed by atoms with Crippen LogP contribution in [-0.2, 0) is 11.3 Å². The van der Waals surface area contributed by atoms with E-state index in [2.05, 4.69) is 15.9 Å². The minimum Gasteiger partial charge on any atom is -0.454 e. The van der Waals surface area contributed by atoms with Gasteiger partial charge in [-0.2, -0.15) is 0 Å². The van der Waals surface area contributed by atoms with Crippen molar-refractivity contribution < 1.29 is 18.7 Å². The molecule has 3 rings (SSSR count). The van der Waals surface area contributed by atoms with E-state index in [1.54, 1.807) is 4.90 Å². The Labute approximate surface area is 123 Å². The number of primary amides is 1. The lowest BCUT2D eigenvalue weighted by Gasteiger charge is -2.22. The molecule has 1 fully saturated rings. The molecule has 0 saturated carbocycles. The minimum atomic E-state index is -1.01. The summed E-state index contributed by atoms with van der Waals surface area (Å²) in [5, 5.41) is 0. The number of likely N-dealkylation sites (tertiary alicyclic amines) is 1. The molecule has 2 aliphatic rings.